The third-order valence-electron chi connectivity index (χ3n) is 4.52. The molecule has 0 saturated heterocycles. The first-order valence-corrected chi connectivity index (χ1v) is 9.36. The number of aliphatic imine (C=N–C) groups is 2. The highest BCUT2D eigenvalue weighted by molar-refractivity contribution is 6.04. The topological polar surface area (TPSA) is 65.4 Å². The molecule has 2 N–H and O–H groups in total. The van der Waals surface area contributed by atoms with E-state index in [0.29, 0.717) is 12.4 Å². The van der Waals surface area contributed by atoms with Gasteiger partial charge in [0.25, 0.3) is 0 Å². The van der Waals surface area contributed by atoms with Gasteiger partial charge in [-0.05, 0) is 61.5 Å². The number of hydrogen-bond acceptors (Lipinski definition) is 3. The number of anilines is 1. The molecule has 29 heavy (non-hydrogen) atoms. The van der Waals surface area contributed by atoms with Crippen molar-refractivity contribution in [3.63, 3.8) is 0 Å². The number of amidine groups is 1. The van der Waals surface area contributed by atoms with Gasteiger partial charge in [0.1, 0.15) is 5.84 Å². The van der Waals surface area contributed by atoms with E-state index in [-0.39, 0.29) is 0 Å². The highest BCUT2D eigenvalue weighted by atomic mass is 15.1. The lowest BCUT2D eigenvalue weighted by Crippen LogP contribution is -2.09. The fourth-order valence-electron chi connectivity index (χ4n) is 2.90. The first-order chi connectivity index (χ1) is 14.1. The zero-order valence-electron chi connectivity index (χ0n) is 16.8. The van der Waals surface area contributed by atoms with Crippen LogP contribution >= 0.6 is 0 Å². The lowest BCUT2D eigenvalue weighted by Gasteiger charge is -2.08. The average molecular weight is 383 g/mol. The van der Waals surface area contributed by atoms with Crippen LogP contribution in [-0.4, -0.2) is 22.8 Å². The SMILES string of the molecule is C=C/C(C)=C/c1ccc(CN=C(/C=C\N=C)Nc2ccc3[nH]ncc3c2)cc1C. The van der Waals surface area contributed by atoms with Crippen LogP contribution in [0.5, 0.6) is 0 Å². The van der Waals surface area contributed by atoms with E-state index in [1.165, 1.54) is 11.1 Å². The molecule has 1 heterocycles. The van der Waals surface area contributed by atoms with Gasteiger partial charge >= 0.3 is 0 Å². The Bertz CT molecular complexity index is 1120. The fourth-order valence-corrected chi connectivity index (χ4v) is 2.90. The van der Waals surface area contributed by atoms with E-state index in [1.54, 1.807) is 12.4 Å². The Balaban J connectivity index is 1.79. The molecule has 2 aromatic carbocycles. The van der Waals surface area contributed by atoms with E-state index < -0.39 is 0 Å². The number of hydrogen-bond donors (Lipinski definition) is 2. The summed E-state index contributed by atoms with van der Waals surface area (Å²) < 4.78 is 0. The molecular weight excluding hydrogens is 358 g/mol. The molecule has 0 radical (unpaired) electrons. The predicted molar refractivity (Wildman–Crippen MR) is 125 cm³/mol. The van der Waals surface area contributed by atoms with Crippen LogP contribution in [-0.2, 0) is 6.54 Å². The monoisotopic (exact) mass is 383 g/mol. The normalized spacial score (nSPS) is 12.5. The lowest BCUT2D eigenvalue weighted by atomic mass is 10.0. The molecular formula is C24H25N5. The van der Waals surface area contributed by atoms with Crippen LogP contribution in [0.4, 0.5) is 5.69 Å². The number of aromatic amines is 1. The molecule has 0 aliphatic carbocycles. The number of aromatic nitrogens is 2. The summed E-state index contributed by atoms with van der Waals surface area (Å²) in [5, 5.41) is 11.4. The van der Waals surface area contributed by atoms with E-state index >= 15 is 0 Å². The second-order valence-electron chi connectivity index (χ2n) is 6.78. The maximum Gasteiger partial charge on any atom is 0.127 e. The van der Waals surface area contributed by atoms with Crippen molar-refractivity contribution in [1.82, 2.24) is 10.2 Å². The molecule has 1 aromatic heterocycles. The summed E-state index contributed by atoms with van der Waals surface area (Å²) in [6.45, 7) is 12.0. The Kier molecular flexibility index (Phi) is 6.53. The molecule has 0 bridgehead atoms. The van der Waals surface area contributed by atoms with Gasteiger partial charge in [-0.2, -0.15) is 5.10 Å². The van der Waals surface area contributed by atoms with Crippen LogP contribution in [0.1, 0.15) is 23.6 Å². The summed E-state index contributed by atoms with van der Waals surface area (Å²) in [6, 6.07) is 12.4. The second kappa shape index (κ2) is 9.46. The number of nitrogens with zero attached hydrogens (tertiary/aromatic N) is 3. The van der Waals surface area contributed by atoms with Crippen molar-refractivity contribution in [2.24, 2.45) is 9.98 Å². The summed E-state index contributed by atoms with van der Waals surface area (Å²) in [4.78, 5) is 8.51. The molecule has 0 amide bonds. The van der Waals surface area contributed by atoms with E-state index in [2.05, 4.69) is 65.0 Å². The molecule has 0 unspecified atom stereocenters. The van der Waals surface area contributed by atoms with Gasteiger partial charge in [0.05, 0.1) is 18.3 Å². The van der Waals surface area contributed by atoms with Crippen molar-refractivity contribution in [2.45, 2.75) is 20.4 Å². The van der Waals surface area contributed by atoms with Gasteiger partial charge in [-0.1, -0.05) is 42.5 Å². The molecule has 5 nitrogen and oxygen atoms in total. The zero-order chi connectivity index (χ0) is 20.6. The molecule has 5 heteroatoms. The number of fused-ring (bicyclic) bond motifs is 1. The average Bonchev–Trinajstić information content (AvgIpc) is 3.19. The first kappa shape index (κ1) is 20.0. The van der Waals surface area contributed by atoms with E-state index in [0.717, 1.165) is 27.7 Å². The Morgan fingerprint density at radius 2 is 2.10 bits per heavy atom. The Labute approximate surface area is 171 Å². The summed E-state index contributed by atoms with van der Waals surface area (Å²) in [5.41, 5.74) is 6.61. The highest BCUT2D eigenvalue weighted by Crippen LogP contribution is 2.18. The largest absolute Gasteiger partial charge is 0.340 e. The molecule has 0 atom stereocenters. The third-order valence-corrected chi connectivity index (χ3v) is 4.52. The molecule has 0 fully saturated rings. The van der Waals surface area contributed by atoms with E-state index in [9.17, 15) is 0 Å². The summed E-state index contributed by atoms with van der Waals surface area (Å²) in [6.07, 6.45) is 9.22. The Morgan fingerprint density at radius 3 is 2.86 bits per heavy atom. The third kappa shape index (κ3) is 5.39. The van der Waals surface area contributed by atoms with Crippen LogP contribution in [0.2, 0.25) is 0 Å². The van der Waals surface area contributed by atoms with Crippen molar-refractivity contribution in [3.05, 3.63) is 89.8 Å². The van der Waals surface area contributed by atoms with Gasteiger partial charge in [-0.3, -0.25) is 15.1 Å². The van der Waals surface area contributed by atoms with Crippen LogP contribution in [0.15, 0.2) is 83.1 Å². The molecule has 0 aliphatic heterocycles. The number of nitrogens with one attached hydrogen (secondary N) is 2. The van der Waals surface area contributed by atoms with Crippen molar-refractivity contribution >= 4 is 35.2 Å². The van der Waals surface area contributed by atoms with Crippen molar-refractivity contribution in [2.75, 3.05) is 5.32 Å². The molecule has 0 aliphatic rings. The van der Waals surface area contributed by atoms with Crippen LogP contribution in [0, 0.1) is 6.92 Å². The van der Waals surface area contributed by atoms with Crippen LogP contribution in [0.3, 0.4) is 0 Å². The van der Waals surface area contributed by atoms with Crippen molar-refractivity contribution in [3.8, 4) is 0 Å². The van der Waals surface area contributed by atoms with Crippen molar-refractivity contribution < 1.29 is 0 Å². The number of H-pyrrole nitrogens is 1. The standard InChI is InChI=1S/C24H25N5/c1-5-17(2)12-20-7-6-19(13-18(20)3)15-26-24(10-11-25-4)28-22-8-9-23-21(14-22)16-27-29-23/h5-14,16H,1,4,15H2,2-3H3,(H,26,28)(H,27,29)/b11-10-,17-12+. The van der Waals surface area contributed by atoms with Gasteiger partial charge in [-0.25, -0.2) is 0 Å². The quantitative estimate of drug-likeness (QED) is 0.313. The number of aryl methyl sites for hydroxylation is 1. The molecule has 0 spiro atoms. The second-order valence-corrected chi connectivity index (χ2v) is 6.78. The van der Waals surface area contributed by atoms with Crippen LogP contribution < -0.4 is 5.32 Å². The molecule has 146 valence electrons. The molecule has 0 saturated carbocycles. The number of benzene rings is 2. The number of rotatable bonds is 7. The Morgan fingerprint density at radius 1 is 1.24 bits per heavy atom. The summed E-state index contributed by atoms with van der Waals surface area (Å²) in [7, 11) is 0. The smallest absolute Gasteiger partial charge is 0.127 e. The lowest BCUT2D eigenvalue weighted by molar-refractivity contribution is 1.06. The number of allylic oxidation sites excluding steroid dienone is 2. The minimum absolute atomic E-state index is 0.559. The predicted octanol–water partition coefficient (Wildman–Crippen LogP) is 5.69. The van der Waals surface area contributed by atoms with Crippen molar-refractivity contribution in [1.29, 1.82) is 0 Å². The Hall–Kier alpha value is -3.73. The van der Waals surface area contributed by atoms with Crippen LogP contribution in [0.25, 0.3) is 17.0 Å². The molecule has 3 aromatic rings. The van der Waals surface area contributed by atoms with E-state index in [4.69, 9.17) is 4.99 Å². The zero-order valence-corrected chi connectivity index (χ0v) is 16.8. The highest BCUT2D eigenvalue weighted by Gasteiger charge is 2.02. The van der Waals surface area contributed by atoms with Gasteiger partial charge in [0.2, 0.25) is 0 Å². The first-order valence-electron chi connectivity index (χ1n) is 9.36. The van der Waals surface area contributed by atoms with Gasteiger partial charge in [0, 0.05) is 17.3 Å². The maximum absolute atomic E-state index is 4.72. The summed E-state index contributed by atoms with van der Waals surface area (Å²) >= 11 is 0. The summed E-state index contributed by atoms with van der Waals surface area (Å²) in [5.74, 6) is 0.712. The van der Waals surface area contributed by atoms with Gasteiger partial charge in [-0.15, -0.1) is 0 Å². The minimum Gasteiger partial charge on any atom is -0.340 e. The van der Waals surface area contributed by atoms with E-state index in [1.807, 2.05) is 37.3 Å². The maximum atomic E-state index is 4.72. The molecule has 3 rings (SSSR count). The van der Waals surface area contributed by atoms with Gasteiger partial charge in [0.15, 0.2) is 0 Å². The van der Waals surface area contributed by atoms with Gasteiger partial charge < -0.3 is 5.32 Å². The minimum atomic E-state index is 0.559. The fraction of sp³-hybridized carbons (Fsp3) is 0.125.